The number of aromatic nitrogens is 2. The van der Waals surface area contributed by atoms with Gasteiger partial charge in [0.2, 0.25) is 6.10 Å². The van der Waals surface area contributed by atoms with Crippen LogP contribution in [-0.4, -0.2) is 34.3 Å². The molecule has 6 heteroatoms. The lowest BCUT2D eigenvalue weighted by atomic mass is 9.81. The molecular weight excluding hydrogens is 356 g/mol. The highest BCUT2D eigenvalue weighted by Gasteiger charge is 2.49. The fourth-order valence-corrected chi connectivity index (χ4v) is 3.19. The molecule has 0 bridgehead atoms. The van der Waals surface area contributed by atoms with Crippen molar-refractivity contribution in [1.29, 1.82) is 0 Å². The molecule has 0 aliphatic heterocycles. The number of carbonyl (C=O) groups is 1. The quantitative estimate of drug-likeness (QED) is 0.674. The number of carboxylic acid groups (broad SMARTS) is 1. The zero-order valence-corrected chi connectivity index (χ0v) is 15.5. The lowest BCUT2D eigenvalue weighted by Gasteiger charge is -2.37. The van der Waals surface area contributed by atoms with Gasteiger partial charge in [-0.1, -0.05) is 60.7 Å². The number of hydrogen-bond donors (Lipinski definition) is 1. The lowest BCUT2D eigenvalue weighted by Crippen LogP contribution is -2.50. The molecule has 0 unspecified atom stereocenters. The molecule has 0 saturated heterocycles. The monoisotopic (exact) mass is 381 g/mol. The minimum atomic E-state index is -2.50. The van der Waals surface area contributed by atoms with E-state index in [0.29, 0.717) is 16.8 Å². The Balaban J connectivity index is 2.19. The number of benzene rings is 2. The summed E-state index contributed by atoms with van der Waals surface area (Å²) in [5, 5.41) is 10.2. The number of aliphatic carboxylic acids is 1. The van der Waals surface area contributed by atoms with Crippen LogP contribution in [0, 0.1) is 13.8 Å². The first-order valence-electron chi connectivity index (χ1n) is 10.1. The van der Waals surface area contributed by atoms with Crippen LogP contribution < -0.4 is 4.74 Å². The van der Waals surface area contributed by atoms with Gasteiger partial charge in [0, 0.05) is 22.6 Å². The van der Waals surface area contributed by atoms with Gasteiger partial charge in [-0.25, -0.2) is 14.8 Å². The summed E-state index contributed by atoms with van der Waals surface area (Å²) >= 11 is 0. The Bertz CT molecular complexity index is 1000. The number of ether oxygens (including phenoxy) is 2. The molecule has 0 amide bonds. The molecule has 0 fully saturated rings. The van der Waals surface area contributed by atoms with Crippen molar-refractivity contribution >= 4 is 5.97 Å². The van der Waals surface area contributed by atoms with Crippen LogP contribution in [0.3, 0.4) is 0 Å². The number of nitrogens with zero attached hydrogens (tertiary/aromatic N) is 2. The SMILES string of the molecule is [2H]C([2H])([2H])c1cc(C)nc(O[C@H](C(=O)O)C(OC)(c2ccccc2)c2ccccc2)n1. The minimum absolute atomic E-state index is 0.235. The van der Waals surface area contributed by atoms with Gasteiger partial charge in [0.1, 0.15) is 0 Å². The average Bonchev–Trinajstić information content (AvgIpc) is 2.74. The van der Waals surface area contributed by atoms with E-state index in [4.69, 9.17) is 13.6 Å². The Kier molecular flexibility index (Phi) is 4.61. The summed E-state index contributed by atoms with van der Waals surface area (Å²) in [5.74, 6) is -1.32. The van der Waals surface area contributed by atoms with Crippen LogP contribution >= 0.6 is 0 Å². The molecule has 1 atom stereocenters. The van der Waals surface area contributed by atoms with Gasteiger partial charge < -0.3 is 14.6 Å². The molecule has 6 nitrogen and oxygen atoms in total. The van der Waals surface area contributed by atoms with E-state index >= 15 is 0 Å². The van der Waals surface area contributed by atoms with Gasteiger partial charge in [0.15, 0.2) is 5.60 Å². The Morgan fingerprint density at radius 2 is 1.57 bits per heavy atom. The molecule has 0 aliphatic carbocycles. The largest absolute Gasteiger partial charge is 0.478 e. The van der Waals surface area contributed by atoms with Crippen molar-refractivity contribution in [2.45, 2.75) is 25.5 Å². The summed E-state index contributed by atoms with van der Waals surface area (Å²) in [7, 11) is 1.39. The molecule has 144 valence electrons. The molecule has 2 aromatic carbocycles. The maximum atomic E-state index is 12.5. The van der Waals surface area contributed by atoms with Crippen molar-refractivity contribution in [2.75, 3.05) is 7.11 Å². The van der Waals surface area contributed by atoms with Crippen LogP contribution in [-0.2, 0) is 15.1 Å². The molecule has 1 heterocycles. The van der Waals surface area contributed by atoms with Crippen LogP contribution in [0.25, 0.3) is 0 Å². The number of methoxy groups -OCH3 is 1. The van der Waals surface area contributed by atoms with Crippen LogP contribution in [0.15, 0.2) is 66.7 Å². The highest BCUT2D eigenvalue weighted by Crippen LogP contribution is 2.38. The molecule has 3 rings (SSSR count). The highest BCUT2D eigenvalue weighted by molar-refractivity contribution is 5.76. The average molecular weight is 381 g/mol. The van der Waals surface area contributed by atoms with Crippen LogP contribution in [0.1, 0.15) is 26.6 Å². The Morgan fingerprint density at radius 3 is 2.04 bits per heavy atom. The van der Waals surface area contributed by atoms with Gasteiger partial charge in [0.05, 0.1) is 0 Å². The summed E-state index contributed by atoms with van der Waals surface area (Å²) in [6, 6.07) is 18.6. The van der Waals surface area contributed by atoms with Gasteiger partial charge in [-0.15, -0.1) is 0 Å². The highest BCUT2D eigenvalue weighted by atomic mass is 16.6. The van der Waals surface area contributed by atoms with E-state index in [-0.39, 0.29) is 11.7 Å². The van der Waals surface area contributed by atoms with E-state index in [9.17, 15) is 9.90 Å². The summed E-state index contributed by atoms with van der Waals surface area (Å²) in [6.07, 6.45) is -1.62. The van der Waals surface area contributed by atoms with E-state index < -0.39 is 24.5 Å². The number of carboxylic acids is 1. The van der Waals surface area contributed by atoms with Gasteiger partial charge >= 0.3 is 12.0 Å². The zero-order chi connectivity index (χ0) is 22.6. The second kappa shape index (κ2) is 8.19. The second-order valence-electron chi connectivity index (χ2n) is 6.19. The summed E-state index contributed by atoms with van der Waals surface area (Å²) in [4.78, 5) is 20.5. The third-order valence-corrected chi connectivity index (χ3v) is 4.38. The van der Waals surface area contributed by atoms with Crippen LogP contribution in [0.2, 0.25) is 0 Å². The molecule has 1 aromatic heterocycles. The fraction of sp³-hybridized carbons (Fsp3) is 0.227. The summed E-state index contributed by atoms with van der Waals surface area (Å²) in [6.45, 7) is -0.917. The van der Waals surface area contributed by atoms with Crippen molar-refractivity contribution in [1.82, 2.24) is 9.97 Å². The summed E-state index contributed by atoms with van der Waals surface area (Å²) in [5.41, 5.74) is -0.370. The first-order valence-corrected chi connectivity index (χ1v) is 8.60. The number of hydrogen-bond acceptors (Lipinski definition) is 5. The Morgan fingerprint density at radius 1 is 1.04 bits per heavy atom. The van der Waals surface area contributed by atoms with Crippen molar-refractivity contribution in [2.24, 2.45) is 0 Å². The van der Waals surface area contributed by atoms with Crippen molar-refractivity contribution in [3.8, 4) is 6.01 Å². The number of aryl methyl sites for hydroxylation is 2. The third kappa shape index (κ3) is 3.73. The molecule has 3 aromatic rings. The molecule has 0 radical (unpaired) electrons. The number of rotatable bonds is 7. The zero-order valence-electron chi connectivity index (χ0n) is 18.5. The first-order chi connectivity index (χ1) is 14.7. The maximum Gasteiger partial charge on any atom is 0.348 e. The Hall–Kier alpha value is -3.25. The predicted molar refractivity (Wildman–Crippen MR) is 104 cm³/mol. The van der Waals surface area contributed by atoms with Crippen molar-refractivity contribution in [3.05, 3.63) is 89.2 Å². The molecule has 0 aliphatic rings. The molecule has 0 spiro atoms. The van der Waals surface area contributed by atoms with E-state index in [1.165, 1.54) is 13.2 Å². The molecular formula is C22H22N2O4. The molecule has 1 N–H and O–H groups in total. The van der Waals surface area contributed by atoms with E-state index in [1.807, 2.05) is 0 Å². The van der Waals surface area contributed by atoms with Crippen molar-refractivity contribution in [3.63, 3.8) is 0 Å². The van der Waals surface area contributed by atoms with Gasteiger partial charge in [-0.2, -0.15) is 0 Å². The van der Waals surface area contributed by atoms with Gasteiger partial charge in [0.25, 0.3) is 0 Å². The first kappa shape index (κ1) is 15.8. The standard InChI is InChI=1S/C22H22N2O4/c1-15-14-16(2)24-21(23-15)28-19(20(25)26)22(27-3,17-10-6-4-7-11-17)18-12-8-5-9-13-18/h4-14,19H,1-3H3,(H,25,26)/t19-/m1/s1/i1D3. The third-order valence-electron chi connectivity index (χ3n) is 4.38. The smallest absolute Gasteiger partial charge is 0.348 e. The summed E-state index contributed by atoms with van der Waals surface area (Å²) < 4.78 is 34.4. The fourth-order valence-electron chi connectivity index (χ4n) is 3.19. The van der Waals surface area contributed by atoms with Crippen LogP contribution in [0.5, 0.6) is 6.01 Å². The van der Waals surface area contributed by atoms with E-state index in [1.54, 1.807) is 67.6 Å². The van der Waals surface area contributed by atoms with E-state index in [0.717, 1.165) is 0 Å². The molecule has 0 saturated carbocycles. The minimum Gasteiger partial charge on any atom is -0.478 e. The van der Waals surface area contributed by atoms with E-state index in [2.05, 4.69) is 9.97 Å². The van der Waals surface area contributed by atoms with Crippen LogP contribution in [0.4, 0.5) is 0 Å². The predicted octanol–water partition coefficient (Wildman–Crippen LogP) is 3.52. The van der Waals surface area contributed by atoms with Gasteiger partial charge in [-0.05, 0) is 31.0 Å². The molecule has 28 heavy (non-hydrogen) atoms. The topological polar surface area (TPSA) is 81.5 Å². The second-order valence-corrected chi connectivity index (χ2v) is 6.19. The lowest BCUT2D eigenvalue weighted by molar-refractivity contribution is -0.160. The van der Waals surface area contributed by atoms with Crippen molar-refractivity contribution < 1.29 is 23.5 Å². The Labute approximate surface area is 168 Å². The normalized spacial score (nSPS) is 14.4. The maximum absolute atomic E-state index is 12.5. The van der Waals surface area contributed by atoms with Gasteiger partial charge in [-0.3, -0.25) is 0 Å².